The first-order valence-electron chi connectivity index (χ1n) is 10.3. The number of unbranched alkanes of at least 4 members (excludes halogenated alkanes) is 1. The van der Waals surface area contributed by atoms with E-state index >= 15 is 0 Å². The van der Waals surface area contributed by atoms with Gasteiger partial charge in [-0.05, 0) is 43.4 Å². The molecule has 4 rings (SSSR count). The second-order valence-corrected chi connectivity index (χ2v) is 8.32. The second-order valence-electron chi connectivity index (χ2n) is 8.32. The topological polar surface area (TPSA) is 99.0 Å². The van der Waals surface area contributed by atoms with Crippen LogP contribution in [0.25, 0.3) is 11.2 Å². The van der Waals surface area contributed by atoms with Gasteiger partial charge in [-0.3, -0.25) is 19.1 Å². The highest BCUT2D eigenvalue weighted by Gasteiger charge is 2.40. The van der Waals surface area contributed by atoms with Gasteiger partial charge in [0.2, 0.25) is 0 Å². The van der Waals surface area contributed by atoms with Crippen molar-refractivity contribution in [2.45, 2.75) is 65.0 Å². The molecule has 0 saturated heterocycles. The van der Waals surface area contributed by atoms with Gasteiger partial charge in [-0.1, -0.05) is 19.8 Å². The summed E-state index contributed by atoms with van der Waals surface area (Å²) in [5, 5.41) is 0. The lowest BCUT2D eigenvalue weighted by atomic mass is 9.86. The smallest absolute Gasteiger partial charge is 0.330 e. The monoisotopic (exact) mass is 388 g/mol. The number of fused-ring (bicyclic) bond motifs is 3. The Morgan fingerprint density at radius 3 is 2.79 bits per heavy atom. The summed E-state index contributed by atoms with van der Waals surface area (Å²) in [6.45, 7) is 2.53. The third-order valence-electron chi connectivity index (χ3n) is 6.52. The van der Waals surface area contributed by atoms with Gasteiger partial charge in [0.05, 0.1) is 0 Å². The van der Waals surface area contributed by atoms with Gasteiger partial charge in [0.15, 0.2) is 11.2 Å². The zero-order valence-corrected chi connectivity index (χ0v) is 16.6. The van der Waals surface area contributed by atoms with Crippen LogP contribution in [0.3, 0.4) is 0 Å². The predicted molar refractivity (Wildman–Crippen MR) is 104 cm³/mol. The number of aromatic nitrogens is 4. The molecule has 2 heterocycles. The molecule has 2 aromatic rings. The molecule has 0 amide bonds. The van der Waals surface area contributed by atoms with Crippen LogP contribution in [0, 0.1) is 17.8 Å². The minimum Gasteiger partial charge on any atom is -0.457 e. The fourth-order valence-electron chi connectivity index (χ4n) is 4.99. The lowest BCUT2D eigenvalue weighted by Gasteiger charge is -2.20. The van der Waals surface area contributed by atoms with Crippen molar-refractivity contribution in [3.8, 4) is 0 Å². The van der Waals surface area contributed by atoms with Gasteiger partial charge in [0, 0.05) is 20.0 Å². The van der Waals surface area contributed by atoms with Crippen LogP contribution in [-0.2, 0) is 29.7 Å². The normalized spacial score (nSPS) is 23.6. The fraction of sp³-hybridized carbons (Fsp3) is 0.700. The van der Waals surface area contributed by atoms with Gasteiger partial charge in [-0.25, -0.2) is 9.78 Å². The van der Waals surface area contributed by atoms with E-state index in [1.165, 1.54) is 23.8 Å². The number of nitrogens with one attached hydrogen (secondary N) is 1. The van der Waals surface area contributed by atoms with E-state index in [0.717, 1.165) is 25.2 Å². The maximum absolute atomic E-state index is 12.3. The molecule has 0 aliphatic heterocycles. The van der Waals surface area contributed by atoms with E-state index in [1.54, 1.807) is 11.6 Å². The molecule has 0 unspecified atom stereocenters. The molecule has 2 aliphatic rings. The standard InChI is InChI=1S/C20H28N4O4/c1-3-4-7-24-18-17(19(26)22-20(24)27)23(2)15(21-18)11-28-16(25)10-14-9-12-5-6-13(14)8-12/h12-14H,3-11H2,1-2H3,(H,22,26,27)/t12-,13-,14-/m0/s1. The number of ether oxygens (including phenoxy) is 1. The number of aromatic amines is 1. The highest BCUT2D eigenvalue weighted by Crippen LogP contribution is 2.49. The predicted octanol–water partition coefficient (Wildman–Crippen LogP) is 2.09. The Morgan fingerprint density at radius 1 is 1.29 bits per heavy atom. The van der Waals surface area contributed by atoms with Crippen LogP contribution in [0.2, 0.25) is 0 Å². The maximum atomic E-state index is 12.3. The average molecular weight is 388 g/mol. The molecule has 2 fully saturated rings. The van der Waals surface area contributed by atoms with Crippen molar-refractivity contribution in [1.82, 2.24) is 19.1 Å². The van der Waals surface area contributed by atoms with Crippen molar-refractivity contribution in [3.05, 3.63) is 26.7 Å². The summed E-state index contributed by atoms with van der Waals surface area (Å²) in [7, 11) is 1.71. The molecule has 0 aromatic carbocycles. The highest BCUT2D eigenvalue weighted by molar-refractivity contribution is 5.71. The van der Waals surface area contributed by atoms with E-state index in [1.807, 2.05) is 6.92 Å². The van der Waals surface area contributed by atoms with E-state index in [2.05, 4.69) is 9.97 Å². The lowest BCUT2D eigenvalue weighted by Crippen LogP contribution is -2.31. The molecule has 2 aromatic heterocycles. The molecular formula is C20H28N4O4. The molecule has 0 radical (unpaired) electrons. The van der Waals surface area contributed by atoms with Gasteiger partial charge >= 0.3 is 11.7 Å². The number of H-pyrrole nitrogens is 1. The summed E-state index contributed by atoms with van der Waals surface area (Å²) in [6, 6.07) is 0. The lowest BCUT2D eigenvalue weighted by molar-refractivity contribution is -0.146. The summed E-state index contributed by atoms with van der Waals surface area (Å²) in [4.78, 5) is 43.6. The van der Waals surface area contributed by atoms with Crippen molar-refractivity contribution in [3.63, 3.8) is 0 Å². The molecule has 2 aliphatic carbocycles. The van der Waals surface area contributed by atoms with Gasteiger partial charge < -0.3 is 9.30 Å². The van der Waals surface area contributed by atoms with E-state index in [-0.39, 0.29) is 12.6 Å². The van der Waals surface area contributed by atoms with Crippen LogP contribution < -0.4 is 11.2 Å². The van der Waals surface area contributed by atoms with Crippen molar-refractivity contribution in [2.24, 2.45) is 24.8 Å². The maximum Gasteiger partial charge on any atom is 0.330 e. The summed E-state index contributed by atoms with van der Waals surface area (Å²) in [5.74, 6) is 2.20. The molecular weight excluding hydrogens is 360 g/mol. The zero-order valence-electron chi connectivity index (χ0n) is 16.6. The van der Waals surface area contributed by atoms with Crippen LogP contribution in [0.1, 0.15) is 57.7 Å². The summed E-state index contributed by atoms with van der Waals surface area (Å²) in [6.07, 6.45) is 7.16. The second kappa shape index (κ2) is 7.56. The number of rotatable bonds is 7. The molecule has 1 N–H and O–H groups in total. The van der Waals surface area contributed by atoms with Gasteiger partial charge in [0.1, 0.15) is 12.4 Å². The molecule has 2 saturated carbocycles. The van der Waals surface area contributed by atoms with Crippen LogP contribution >= 0.6 is 0 Å². The Morgan fingerprint density at radius 2 is 2.11 bits per heavy atom. The third-order valence-corrected chi connectivity index (χ3v) is 6.52. The number of esters is 1. The Bertz CT molecular complexity index is 1000. The van der Waals surface area contributed by atoms with Crippen LogP contribution in [0.4, 0.5) is 0 Å². The quantitative estimate of drug-likeness (QED) is 0.732. The average Bonchev–Trinajstić information content (AvgIpc) is 3.34. The summed E-state index contributed by atoms with van der Waals surface area (Å²) >= 11 is 0. The number of hydrogen-bond donors (Lipinski definition) is 1. The fourth-order valence-corrected chi connectivity index (χ4v) is 4.99. The molecule has 2 bridgehead atoms. The van der Waals surface area contributed by atoms with E-state index in [0.29, 0.717) is 41.8 Å². The first kappa shape index (κ1) is 19.0. The van der Waals surface area contributed by atoms with Gasteiger partial charge in [-0.2, -0.15) is 0 Å². The molecule has 152 valence electrons. The zero-order chi connectivity index (χ0) is 19.8. The molecule has 0 spiro atoms. The largest absolute Gasteiger partial charge is 0.457 e. The number of carbonyl (C=O) groups excluding carboxylic acids is 1. The molecule has 8 heteroatoms. The Balaban J connectivity index is 1.50. The van der Waals surface area contributed by atoms with Crippen LogP contribution in [0.15, 0.2) is 9.59 Å². The molecule has 8 nitrogen and oxygen atoms in total. The number of nitrogens with zero attached hydrogens (tertiary/aromatic N) is 3. The van der Waals surface area contributed by atoms with Crippen molar-refractivity contribution < 1.29 is 9.53 Å². The Kier molecular flexibility index (Phi) is 5.12. The van der Waals surface area contributed by atoms with Crippen LogP contribution in [-0.4, -0.2) is 25.1 Å². The molecule has 28 heavy (non-hydrogen) atoms. The third kappa shape index (κ3) is 3.40. The SMILES string of the molecule is CCCCn1c(=O)[nH]c(=O)c2c1nc(COC(=O)C[C@@H]1C[C@H]3CC[C@H]1C3)n2C. The van der Waals surface area contributed by atoms with E-state index < -0.39 is 11.2 Å². The first-order valence-corrected chi connectivity index (χ1v) is 10.3. The highest BCUT2D eigenvalue weighted by atomic mass is 16.5. The van der Waals surface area contributed by atoms with Crippen LogP contribution in [0.5, 0.6) is 0 Å². The minimum absolute atomic E-state index is 0.00619. The molecule has 3 atom stereocenters. The first-order chi connectivity index (χ1) is 13.5. The minimum atomic E-state index is -0.470. The number of carbonyl (C=O) groups is 1. The summed E-state index contributed by atoms with van der Waals surface area (Å²) < 4.78 is 8.58. The Labute approximate surface area is 162 Å². The number of imidazole rings is 1. The number of hydrogen-bond acceptors (Lipinski definition) is 5. The summed E-state index contributed by atoms with van der Waals surface area (Å²) in [5.41, 5.74) is -0.245. The Hall–Kier alpha value is -2.38. The van der Waals surface area contributed by atoms with Crippen molar-refractivity contribution in [1.29, 1.82) is 0 Å². The van der Waals surface area contributed by atoms with Gasteiger partial charge in [-0.15, -0.1) is 0 Å². The number of aryl methyl sites for hydroxylation is 2. The van der Waals surface area contributed by atoms with E-state index in [4.69, 9.17) is 4.74 Å². The van der Waals surface area contributed by atoms with Crippen molar-refractivity contribution in [2.75, 3.05) is 0 Å². The van der Waals surface area contributed by atoms with E-state index in [9.17, 15) is 14.4 Å². The van der Waals surface area contributed by atoms with Crippen molar-refractivity contribution >= 4 is 17.1 Å². The van der Waals surface area contributed by atoms with Gasteiger partial charge in [0.25, 0.3) is 5.56 Å².